The van der Waals surface area contributed by atoms with E-state index in [0.29, 0.717) is 30.8 Å². The molecule has 1 aliphatic heterocycles. The zero-order chi connectivity index (χ0) is 18.1. The molecule has 1 aliphatic rings. The van der Waals surface area contributed by atoms with E-state index < -0.39 is 0 Å². The normalized spacial score (nSPS) is 14.6. The van der Waals surface area contributed by atoms with Gasteiger partial charge in [-0.3, -0.25) is 5.10 Å². The van der Waals surface area contributed by atoms with Gasteiger partial charge in [0.1, 0.15) is 11.4 Å². The Morgan fingerprint density at radius 2 is 1.96 bits per heavy atom. The molecular formula is C19H18N6O2. The summed E-state index contributed by atoms with van der Waals surface area (Å²) in [5.74, 6) is 2.10. The minimum absolute atomic E-state index is 0.698. The summed E-state index contributed by atoms with van der Waals surface area (Å²) in [5, 5.41) is 11.7. The van der Waals surface area contributed by atoms with Gasteiger partial charge in [0.2, 0.25) is 5.95 Å². The average Bonchev–Trinajstić information content (AvgIpc) is 3.37. The van der Waals surface area contributed by atoms with Crippen LogP contribution >= 0.6 is 0 Å². The number of hydrogen-bond donors (Lipinski definition) is 2. The minimum atomic E-state index is 0.698. The predicted molar refractivity (Wildman–Crippen MR) is 102 cm³/mol. The molecule has 0 atom stereocenters. The molecule has 27 heavy (non-hydrogen) atoms. The van der Waals surface area contributed by atoms with Crippen molar-refractivity contribution in [3.8, 4) is 11.3 Å². The van der Waals surface area contributed by atoms with E-state index in [-0.39, 0.29) is 0 Å². The highest BCUT2D eigenvalue weighted by molar-refractivity contribution is 5.83. The van der Waals surface area contributed by atoms with Gasteiger partial charge in [-0.2, -0.15) is 10.1 Å². The molecule has 136 valence electrons. The minimum Gasteiger partial charge on any atom is -0.464 e. The average molecular weight is 362 g/mol. The lowest BCUT2D eigenvalue weighted by Gasteiger charge is -2.26. The molecule has 1 aromatic carbocycles. The predicted octanol–water partition coefficient (Wildman–Crippen LogP) is 3.19. The van der Waals surface area contributed by atoms with Crippen LogP contribution in [0.15, 0.2) is 53.3 Å². The first-order valence-corrected chi connectivity index (χ1v) is 8.81. The van der Waals surface area contributed by atoms with Gasteiger partial charge < -0.3 is 19.4 Å². The Hall–Kier alpha value is -3.39. The second-order valence-electron chi connectivity index (χ2n) is 6.31. The molecule has 1 saturated heterocycles. The third-order valence-electron chi connectivity index (χ3n) is 4.53. The third kappa shape index (κ3) is 3.22. The van der Waals surface area contributed by atoms with E-state index in [9.17, 15) is 0 Å². The van der Waals surface area contributed by atoms with Gasteiger partial charge in [0, 0.05) is 36.3 Å². The number of benzene rings is 1. The van der Waals surface area contributed by atoms with Crippen molar-refractivity contribution in [1.29, 1.82) is 0 Å². The maximum Gasteiger partial charge on any atom is 0.227 e. The number of rotatable bonds is 4. The fraction of sp³-hybridized carbons (Fsp3) is 0.211. The highest BCUT2D eigenvalue weighted by Crippen LogP contribution is 2.26. The fourth-order valence-electron chi connectivity index (χ4n) is 3.13. The Kier molecular flexibility index (Phi) is 3.95. The molecule has 5 rings (SSSR count). The highest BCUT2D eigenvalue weighted by atomic mass is 16.5. The molecule has 4 aromatic rings. The lowest BCUT2D eigenvalue weighted by molar-refractivity contribution is 0.122. The topological polar surface area (TPSA) is 92.1 Å². The van der Waals surface area contributed by atoms with Gasteiger partial charge in [-0.15, -0.1) is 0 Å². The second-order valence-corrected chi connectivity index (χ2v) is 6.31. The van der Waals surface area contributed by atoms with Gasteiger partial charge in [-0.1, -0.05) is 0 Å². The summed E-state index contributed by atoms with van der Waals surface area (Å²) in [6.45, 7) is 2.99. The summed E-state index contributed by atoms with van der Waals surface area (Å²) < 4.78 is 10.8. The Balaban J connectivity index is 1.35. The first-order valence-electron chi connectivity index (χ1n) is 8.81. The number of H-pyrrole nitrogens is 1. The molecule has 0 amide bonds. The van der Waals surface area contributed by atoms with Crippen LogP contribution in [0.5, 0.6) is 0 Å². The maximum absolute atomic E-state index is 5.39. The molecule has 0 unspecified atom stereocenters. The number of nitrogens with zero attached hydrogens (tertiary/aromatic N) is 4. The fourth-order valence-corrected chi connectivity index (χ4v) is 3.13. The molecule has 2 N–H and O–H groups in total. The second kappa shape index (κ2) is 6.73. The van der Waals surface area contributed by atoms with E-state index >= 15 is 0 Å². The highest BCUT2D eigenvalue weighted by Gasteiger charge is 2.14. The van der Waals surface area contributed by atoms with Crippen LogP contribution in [0.3, 0.4) is 0 Å². The number of hydrogen-bond acceptors (Lipinski definition) is 7. The summed E-state index contributed by atoms with van der Waals surface area (Å²) >= 11 is 0. The molecule has 3 aromatic heterocycles. The van der Waals surface area contributed by atoms with E-state index in [2.05, 4.69) is 36.4 Å². The zero-order valence-corrected chi connectivity index (χ0v) is 14.6. The van der Waals surface area contributed by atoms with Crippen molar-refractivity contribution in [3.05, 3.63) is 48.9 Å². The third-order valence-corrected chi connectivity index (χ3v) is 4.53. The summed E-state index contributed by atoms with van der Waals surface area (Å²) in [7, 11) is 0. The number of anilines is 3. The molecule has 8 nitrogen and oxygen atoms in total. The first kappa shape index (κ1) is 15.8. The quantitative estimate of drug-likeness (QED) is 0.576. The van der Waals surface area contributed by atoms with Crippen molar-refractivity contribution in [2.75, 3.05) is 36.5 Å². The summed E-state index contributed by atoms with van der Waals surface area (Å²) in [6.07, 6.45) is 3.44. The molecule has 0 spiro atoms. The Morgan fingerprint density at radius 1 is 1.04 bits per heavy atom. The van der Waals surface area contributed by atoms with Crippen LogP contribution in [-0.4, -0.2) is 46.5 Å². The van der Waals surface area contributed by atoms with Gasteiger partial charge in [0.05, 0.1) is 25.2 Å². The van der Waals surface area contributed by atoms with Crippen LogP contribution in [0, 0.1) is 0 Å². The van der Waals surface area contributed by atoms with Gasteiger partial charge >= 0.3 is 0 Å². The van der Waals surface area contributed by atoms with Crippen molar-refractivity contribution >= 4 is 28.6 Å². The Morgan fingerprint density at radius 3 is 2.89 bits per heavy atom. The van der Waals surface area contributed by atoms with E-state index in [1.807, 2.05) is 30.3 Å². The van der Waals surface area contributed by atoms with Gasteiger partial charge in [0.25, 0.3) is 0 Å². The van der Waals surface area contributed by atoms with E-state index in [0.717, 1.165) is 35.3 Å². The SMILES string of the molecule is c1cc(Nc2cc(-c3ccc4occc4c3)[nH]n2)nc(N2CCOCC2)n1. The smallest absolute Gasteiger partial charge is 0.227 e. The number of nitrogens with one attached hydrogen (secondary N) is 2. The number of morpholine rings is 1. The Labute approximate surface area is 155 Å². The largest absolute Gasteiger partial charge is 0.464 e. The molecule has 4 heterocycles. The first-order chi connectivity index (χ1) is 13.3. The van der Waals surface area contributed by atoms with E-state index in [4.69, 9.17) is 9.15 Å². The molecule has 1 fully saturated rings. The summed E-state index contributed by atoms with van der Waals surface area (Å²) in [5.41, 5.74) is 2.83. The van der Waals surface area contributed by atoms with Crippen LogP contribution in [-0.2, 0) is 4.74 Å². The maximum atomic E-state index is 5.39. The number of fused-ring (bicyclic) bond motifs is 1. The van der Waals surface area contributed by atoms with Crippen molar-refractivity contribution < 1.29 is 9.15 Å². The van der Waals surface area contributed by atoms with Crippen molar-refractivity contribution in [3.63, 3.8) is 0 Å². The standard InChI is InChI=1S/C19H18N6O2/c1-2-16-14(4-8-27-16)11-13(1)15-12-18(24-23-15)21-17-3-5-20-19(22-17)25-6-9-26-10-7-25/h1-5,8,11-12H,6-7,9-10H2,(H2,20,21,22,23,24). The molecule has 0 saturated carbocycles. The molecular weight excluding hydrogens is 344 g/mol. The molecule has 0 aliphatic carbocycles. The number of aromatic nitrogens is 4. The van der Waals surface area contributed by atoms with E-state index in [1.165, 1.54) is 0 Å². The van der Waals surface area contributed by atoms with Crippen LogP contribution in [0.4, 0.5) is 17.6 Å². The Bertz CT molecular complexity index is 1070. The number of aromatic amines is 1. The van der Waals surface area contributed by atoms with Crippen molar-refractivity contribution in [1.82, 2.24) is 20.2 Å². The molecule has 0 radical (unpaired) electrons. The van der Waals surface area contributed by atoms with Gasteiger partial charge in [-0.05, 0) is 30.3 Å². The van der Waals surface area contributed by atoms with Gasteiger partial charge in [-0.25, -0.2) is 4.98 Å². The lowest BCUT2D eigenvalue weighted by atomic mass is 10.1. The van der Waals surface area contributed by atoms with Crippen molar-refractivity contribution in [2.45, 2.75) is 0 Å². The van der Waals surface area contributed by atoms with Crippen LogP contribution in [0.2, 0.25) is 0 Å². The molecule has 8 heteroatoms. The molecule has 0 bridgehead atoms. The zero-order valence-electron chi connectivity index (χ0n) is 14.6. The van der Waals surface area contributed by atoms with Gasteiger partial charge in [0.15, 0.2) is 5.82 Å². The van der Waals surface area contributed by atoms with Crippen LogP contribution in [0.25, 0.3) is 22.2 Å². The van der Waals surface area contributed by atoms with Crippen LogP contribution < -0.4 is 10.2 Å². The summed E-state index contributed by atoms with van der Waals surface area (Å²) in [6, 6.07) is 11.8. The number of furan rings is 1. The monoisotopic (exact) mass is 362 g/mol. The lowest BCUT2D eigenvalue weighted by Crippen LogP contribution is -2.37. The van der Waals surface area contributed by atoms with Crippen LogP contribution in [0.1, 0.15) is 0 Å². The van der Waals surface area contributed by atoms with E-state index in [1.54, 1.807) is 12.5 Å². The summed E-state index contributed by atoms with van der Waals surface area (Å²) in [4.78, 5) is 11.1. The van der Waals surface area contributed by atoms with Crippen molar-refractivity contribution in [2.24, 2.45) is 0 Å². The number of ether oxygens (including phenoxy) is 1.